The van der Waals surface area contributed by atoms with Crippen molar-refractivity contribution in [2.45, 2.75) is 45.3 Å². The molecule has 0 aromatic heterocycles. The van der Waals surface area contributed by atoms with Gasteiger partial charge < -0.3 is 9.47 Å². The number of nitrogens with zero attached hydrogens (tertiary/aromatic N) is 2. The smallest absolute Gasteiger partial charge is 0.326 e. The molecule has 2 heterocycles. The van der Waals surface area contributed by atoms with Gasteiger partial charge in [-0.2, -0.15) is 0 Å². The molecule has 0 spiro atoms. The average molecular weight is 420 g/mol. The summed E-state index contributed by atoms with van der Waals surface area (Å²) in [5.74, 6) is -3.15. The number of Topliss-reactive ketones (excluding diaryl/α,β-unsaturated/α-hetero) is 1. The third-order valence-electron chi connectivity index (χ3n) is 4.56. The predicted molar refractivity (Wildman–Crippen MR) is 102 cm³/mol. The van der Waals surface area contributed by atoms with Crippen LogP contribution in [0.5, 0.6) is 0 Å². The SMILES string of the molecule is CC(CCCCOC(C)C(=O)CN1C(=O)C=CC1=O)OC(=O)CN1C(=O)C=CC1=O. The number of amides is 4. The van der Waals surface area contributed by atoms with Crippen molar-refractivity contribution in [3.05, 3.63) is 24.3 Å². The van der Waals surface area contributed by atoms with Crippen molar-refractivity contribution in [3.63, 3.8) is 0 Å². The molecule has 0 radical (unpaired) electrons. The highest BCUT2D eigenvalue weighted by atomic mass is 16.5. The summed E-state index contributed by atoms with van der Waals surface area (Å²) in [6, 6.07) is 0. The Morgan fingerprint density at radius 3 is 1.87 bits per heavy atom. The molecule has 2 aliphatic heterocycles. The molecule has 2 aliphatic rings. The van der Waals surface area contributed by atoms with Gasteiger partial charge in [-0.15, -0.1) is 0 Å². The Morgan fingerprint density at radius 2 is 1.33 bits per heavy atom. The lowest BCUT2D eigenvalue weighted by molar-refractivity contribution is -0.155. The van der Waals surface area contributed by atoms with E-state index >= 15 is 0 Å². The van der Waals surface area contributed by atoms with Gasteiger partial charge in [-0.3, -0.25) is 38.6 Å². The van der Waals surface area contributed by atoms with Crippen LogP contribution in [0.25, 0.3) is 0 Å². The molecular weight excluding hydrogens is 396 g/mol. The maximum Gasteiger partial charge on any atom is 0.326 e. The fourth-order valence-electron chi connectivity index (χ4n) is 2.79. The molecule has 2 rings (SSSR count). The Labute approximate surface area is 173 Å². The zero-order valence-electron chi connectivity index (χ0n) is 16.9. The maximum atomic E-state index is 12.1. The van der Waals surface area contributed by atoms with Crippen molar-refractivity contribution in [1.82, 2.24) is 9.80 Å². The molecule has 30 heavy (non-hydrogen) atoms. The number of hydrogen-bond acceptors (Lipinski definition) is 8. The van der Waals surface area contributed by atoms with Gasteiger partial charge in [0.05, 0.1) is 12.6 Å². The zero-order chi connectivity index (χ0) is 22.3. The maximum absolute atomic E-state index is 12.1. The van der Waals surface area contributed by atoms with E-state index in [4.69, 9.17) is 9.47 Å². The number of carbonyl (C=O) groups excluding carboxylic acids is 6. The zero-order valence-corrected chi connectivity index (χ0v) is 16.9. The van der Waals surface area contributed by atoms with Crippen molar-refractivity contribution < 1.29 is 38.2 Å². The van der Waals surface area contributed by atoms with Crippen LogP contribution in [-0.4, -0.2) is 77.1 Å². The molecule has 0 N–H and O–H groups in total. The van der Waals surface area contributed by atoms with E-state index in [-0.39, 0.29) is 18.9 Å². The second-order valence-corrected chi connectivity index (χ2v) is 6.97. The Morgan fingerprint density at radius 1 is 0.833 bits per heavy atom. The molecule has 0 saturated carbocycles. The summed E-state index contributed by atoms with van der Waals surface area (Å²) in [7, 11) is 0. The molecule has 162 valence electrons. The Hall–Kier alpha value is -3.14. The molecule has 0 fully saturated rings. The standard InChI is InChI=1S/C20H24N2O8/c1-13(30-20(28)12-22-18(26)8-9-19(22)27)5-3-4-10-29-14(2)15(23)11-21-16(24)6-7-17(21)25/h6-9,13-14H,3-5,10-12H2,1-2H3. The van der Waals surface area contributed by atoms with Gasteiger partial charge in [-0.1, -0.05) is 0 Å². The lowest BCUT2D eigenvalue weighted by atomic mass is 10.2. The van der Waals surface area contributed by atoms with Crippen LogP contribution < -0.4 is 0 Å². The lowest BCUT2D eigenvalue weighted by Crippen LogP contribution is -2.39. The normalized spacial score (nSPS) is 17.8. The second-order valence-electron chi connectivity index (χ2n) is 6.97. The number of esters is 1. The van der Waals surface area contributed by atoms with E-state index in [1.807, 2.05) is 0 Å². The number of unbranched alkanes of at least 4 members (excludes halogenated alkanes) is 1. The molecular formula is C20H24N2O8. The van der Waals surface area contributed by atoms with Crippen molar-refractivity contribution in [2.75, 3.05) is 19.7 Å². The minimum atomic E-state index is -0.759. The number of imide groups is 2. The molecule has 0 aromatic carbocycles. The van der Waals surface area contributed by atoms with Crippen LogP contribution in [0.15, 0.2) is 24.3 Å². The van der Waals surface area contributed by atoms with E-state index in [1.54, 1.807) is 13.8 Å². The first-order valence-corrected chi connectivity index (χ1v) is 9.60. The summed E-state index contributed by atoms with van der Waals surface area (Å²) in [5, 5.41) is 0. The molecule has 0 bridgehead atoms. The number of rotatable bonds is 12. The quantitative estimate of drug-likeness (QED) is 0.244. The van der Waals surface area contributed by atoms with Crippen molar-refractivity contribution in [2.24, 2.45) is 0 Å². The fourth-order valence-corrected chi connectivity index (χ4v) is 2.79. The van der Waals surface area contributed by atoms with Gasteiger partial charge in [0, 0.05) is 30.9 Å². The first-order chi connectivity index (χ1) is 14.2. The second kappa shape index (κ2) is 10.6. The third-order valence-corrected chi connectivity index (χ3v) is 4.56. The molecule has 10 heteroatoms. The van der Waals surface area contributed by atoms with Crippen LogP contribution in [0, 0.1) is 0 Å². The molecule has 10 nitrogen and oxygen atoms in total. The summed E-state index contributed by atoms with van der Waals surface area (Å²) in [6.07, 6.45) is 5.08. The Balaban J connectivity index is 1.57. The van der Waals surface area contributed by atoms with Crippen molar-refractivity contribution in [3.8, 4) is 0 Å². The summed E-state index contributed by atoms with van der Waals surface area (Å²) < 4.78 is 10.6. The minimum Gasteiger partial charge on any atom is -0.461 e. The van der Waals surface area contributed by atoms with Gasteiger partial charge in [-0.05, 0) is 33.1 Å². The van der Waals surface area contributed by atoms with Gasteiger partial charge in [0.15, 0.2) is 5.78 Å². The largest absolute Gasteiger partial charge is 0.461 e. The van der Waals surface area contributed by atoms with Gasteiger partial charge in [0.25, 0.3) is 23.6 Å². The topological polar surface area (TPSA) is 127 Å². The molecule has 0 saturated heterocycles. The van der Waals surface area contributed by atoms with Gasteiger partial charge >= 0.3 is 5.97 Å². The Bertz CT molecular complexity index is 765. The summed E-state index contributed by atoms with van der Waals surface area (Å²) in [5.41, 5.74) is 0. The van der Waals surface area contributed by atoms with E-state index in [9.17, 15) is 28.8 Å². The monoisotopic (exact) mass is 420 g/mol. The van der Waals surface area contributed by atoms with Gasteiger partial charge in [0.1, 0.15) is 12.6 Å². The first-order valence-electron chi connectivity index (χ1n) is 9.60. The van der Waals surface area contributed by atoms with Crippen LogP contribution >= 0.6 is 0 Å². The molecule has 2 unspecified atom stereocenters. The van der Waals surface area contributed by atoms with Crippen LogP contribution in [0.4, 0.5) is 0 Å². The van der Waals surface area contributed by atoms with E-state index in [1.165, 1.54) is 0 Å². The molecule has 4 amide bonds. The Kier molecular flexibility index (Phi) is 8.16. The van der Waals surface area contributed by atoms with Crippen LogP contribution in [-0.2, 0) is 38.2 Å². The van der Waals surface area contributed by atoms with Crippen molar-refractivity contribution in [1.29, 1.82) is 0 Å². The van der Waals surface area contributed by atoms with Crippen LogP contribution in [0.2, 0.25) is 0 Å². The molecule has 0 aliphatic carbocycles. The number of carbonyl (C=O) groups is 6. The van der Waals surface area contributed by atoms with Crippen molar-refractivity contribution >= 4 is 35.4 Å². The van der Waals surface area contributed by atoms with E-state index in [0.29, 0.717) is 19.3 Å². The summed E-state index contributed by atoms with van der Waals surface area (Å²) in [4.78, 5) is 71.3. The highest BCUT2D eigenvalue weighted by Crippen LogP contribution is 2.09. The van der Waals surface area contributed by atoms with Gasteiger partial charge in [0.2, 0.25) is 0 Å². The number of ketones is 1. The fraction of sp³-hybridized carbons (Fsp3) is 0.500. The third kappa shape index (κ3) is 6.45. The van der Waals surface area contributed by atoms with Crippen LogP contribution in [0.1, 0.15) is 33.1 Å². The molecule has 2 atom stereocenters. The lowest BCUT2D eigenvalue weighted by Gasteiger charge is -2.18. The average Bonchev–Trinajstić information content (AvgIpc) is 3.17. The highest BCUT2D eigenvalue weighted by molar-refractivity contribution is 6.15. The van der Waals surface area contributed by atoms with Gasteiger partial charge in [-0.25, -0.2) is 0 Å². The minimum absolute atomic E-state index is 0.288. The van der Waals surface area contributed by atoms with Crippen LogP contribution in [0.3, 0.4) is 0 Å². The summed E-state index contributed by atoms with van der Waals surface area (Å²) >= 11 is 0. The highest BCUT2D eigenvalue weighted by Gasteiger charge is 2.28. The number of hydrogen-bond donors (Lipinski definition) is 0. The van der Waals surface area contributed by atoms with E-state index in [0.717, 1.165) is 34.1 Å². The first kappa shape index (κ1) is 23.1. The molecule has 0 aromatic rings. The summed E-state index contributed by atoms with van der Waals surface area (Å²) in [6.45, 7) is 2.80. The number of ether oxygens (including phenoxy) is 2. The predicted octanol–water partition coefficient (Wildman–Crippen LogP) is -0.0874. The van der Waals surface area contributed by atoms with E-state index < -0.39 is 48.4 Å². The van der Waals surface area contributed by atoms with E-state index in [2.05, 4.69) is 0 Å².